The van der Waals surface area contributed by atoms with E-state index in [0.29, 0.717) is 24.0 Å². The minimum atomic E-state index is -0.345. The normalized spacial score (nSPS) is 13.7. The van der Waals surface area contributed by atoms with Crippen LogP contribution >= 0.6 is 11.3 Å². The summed E-state index contributed by atoms with van der Waals surface area (Å²) in [5, 5.41) is 9.94. The molecule has 0 bridgehead atoms. The van der Waals surface area contributed by atoms with E-state index in [1.54, 1.807) is 13.0 Å². The number of aryl methyl sites for hydroxylation is 2. The topological polar surface area (TPSA) is 100 Å². The number of benzene rings is 1. The van der Waals surface area contributed by atoms with Crippen molar-refractivity contribution in [3.63, 3.8) is 0 Å². The molecule has 4 rings (SSSR count). The number of thiazole rings is 1. The van der Waals surface area contributed by atoms with E-state index in [-0.39, 0.29) is 17.5 Å². The molecule has 150 valence electrons. The Labute approximate surface area is 171 Å². The maximum absolute atomic E-state index is 12.3. The Bertz CT molecular complexity index is 1040. The van der Waals surface area contributed by atoms with E-state index in [1.807, 2.05) is 31.2 Å². The SMILES string of the molecule is Cc1ccc(NC(=O)CN2CCc3nc(NC(=O)c4cc(C)on4)sc3C2)cc1. The molecule has 0 spiro atoms. The summed E-state index contributed by atoms with van der Waals surface area (Å²) in [6.45, 7) is 5.43. The van der Waals surface area contributed by atoms with Crippen LogP contribution in [0.4, 0.5) is 10.8 Å². The number of amides is 2. The molecule has 1 aliphatic heterocycles. The van der Waals surface area contributed by atoms with Crippen LogP contribution in [0.1, 0.15) is 32.4 Å². The molecule has 2 N–H and O–H groups in total. The van der Waals surface area contributed by atoms with Crippen LogP contribution in [0.5, 0.6) is 0 Å². The Balaban J connectivity index is 1.34. The summed E-state index contributed by atoms with van der Waals surface area (Å²) < 4.78 is 4.93. The van der Waals surface area contributed by atoms with E-state index < -0.39 is 0 Å². The number of anilines is 2. The second kappa shape index (κ2) is 8.14. The van der Waals surface area contributed by atoms with Crippen molar-refractivity contribution in [1.82, 2.24) is 15.0 Å². The van der Waals surface area contributed by atoms with Gasteiger partial charge in [-0.05, 0) is 26.0 Å². The fraction of sp³-hybridized carbons (Fsp3) is 0.300. The van der Waals surface area contributed by atoms with Crippen molar-refractivity contribution in [2.24, 2.45) is 0 Å². The van der Waals surface area contributed by atoms with Gasteiger partial charge in [-0.3, -0.25) is 19.8 Å². The summed E-state index contributed by atoms with van der Waals surface area (Å²) >= 11 is 1.43. The fourth-order valence-electron chi connectivity index (χ4n) is 3.11. The molecule has 1 aromatic carbocycles. The van der Waals surface area contributed by atoms with Gasteiger partial charge in [-0.15, -0.1) is 11.3 Å². The average molecular weight is 411 g/mol. The van der Waals surface area contributed by atoms with E-state index in [0.717, 1.165) is 34.8 Å². The Morgan fingerprint density at radius 1 is 1.21 bits per heavy atom. The highest BCUT2D eigenvalue weighted by molar-refractivity contribution is 7.15. The standard InChI is InChI=1S/C20H21N5O3S/c1-12-3-5-14(6-4-12)21-18(26)11-25-8-7-15-17(10-25)29-20(22-15)23-19(27)16-9-13(2)28-24-16/h3-6,9H,7-8,10-11H2,1-2H3,(H,21,26)(H,22,23,27). The van der Waals surface area contributed by atoms with Crippen molar-refractivity contribution in [3.05, 3.63) is 57.9 Å². The molecule has 0 radical (unpaired) electrons. The first-order chi connectivity index (χ1) is 14.0. The lowest BCUT2D eigenvalue weighted by Crippen LogP contribution is -2.36. The molecule has 0 fully saturated rings. The monoisotopic (exact) mass is 411 g/mol. The van der Waals surface area contributed by atoms with E-state index in [9.17, 15) is 9.59 Å². The zero-order chi connectivity index (χ0) is 20.4. The number of nitrogens with one attached hydrogen (secondary N) is 2. The lowest BCUT2D eigenvalue weighted by atomic mass is 10.2. The second-order valence-electron chi connectivity index (χ2n) is 7.04. The third-order valence-electron chi connectivity index (χ3n) is 4.59. The quantitative estimate of drug-likeness (QED) is 0.669. The maximum atomic E-state index is 12.3. The number of fused-ring (bicyclic) bond motifs is 1. The predicted octanol–water partition coefficient (Wildman–Crippen LogP) is 3.00. The van der Waals surface area contributed by atoms with Gasteiger partial charge in [0.25, 0.3) is 5.91 Å². The summed E-state index contributed by atoms with van der Waals surface area (Å²) in [7, 11) is 0. The van der Waals surface area contributed by atoms with Gasteiger partial charge in [-0.25, -0.2) is 4.98 Å². The van der Waals surface area contributed by atoms with Crippen molar-refractivity contribution >= 4 is 34.0 Å². The molecule has 0 saturated carbocycles. The molecule has 2 amide bonds. The number of aromatic nitrogens is 2. The molecule has 0 aliphatic carbocycles. The van der Waals surface area contributed by atoms with Crippen LogP contribution in [0.25, 0.3) is 0 Å². The predicted molar refractivity (Wildman–Crippen MR) is 110 cm³/mol. The zero-order valence-electron chi connectivity index (χ0n) is 16.2. The molecule has 29 heavy (non-hydrogen) atoms. The molecule has 1 aliphatic rings. The largest absolute Gasteiger partial charge is 0.361 e. The molecule has 2 aromatic heterocycles. The van der Waals surface area contributed by atoms with Gasteiger partial charge < -0.3 is 9.84 Å². The van der Waals surface area contributed by atoms with E-state index >= 15 is 0 Å². The highest BCUT2D eigenvalue weighted by atomic mass is 32.1. The number of hydrogen-bond donors (Lipinski definition) is 2. The molecule has 0 saturated heterocycles. The van der Waals surface area contributed by atoms with Crippen LogP contribution in [-0.4, -0.2) is 39.9 Å². The first-order valence-corrected chi connectivity index (χ1v) is 10.1. The van der Waals surface area contributed by atoms with Crippen LogP contribution in [0.2, 0.25) is 0 Å². The van der Waals surface area contributed by atoms with Gasteiger partial charge >= 0.3 is 0 Å². The number of carbonyl (C=O) groups excluding carboxylic acids is 2. The number of carbonyl (C=O) groups is 2. The Morgan fingerprint density at radius 2 is 2.00 bits per heavy atom. The van der Waals surface area contributed by atoms with Gasteiger partial charge in [-0.2, -0.15) is 0 Å². The van der Waals surface area contributed by atoms with Gasteiger partial charge in [0.1, 0.15) is 5.76 Å². The Kier molecular flexibility index (Phi) is 5.41. The fourth-order valence-corrected chi connectivity index (χ4v) is 4.16. The van der Waals surface area contributed by atoms with Gasteiger partial charge in [0, 0.05) is 36.1 Å². The molecule has 0 unspecified atom stereocenters. The number of hydrogen-bond acceptors (Lipinski definition) is 7. The van der Waals surface area contributed by atoms with Crippen molar-refractivity contribution in [2.75, 3.05) is 23.7 Å². The third kappa shape index (κ3) is 4.69. The van der Waals surface area contributed by atoms with Gasteiger partial charge in [0.05, 0.1) is 12.2 Å². The minimum Gasteiger partial charge on any atom is -0.361 e. The van der Waals surface area contributed by atoms with Crippen molar-refractivity contribution < 1.29 is 14.1 Å². The molecular weight excluding hydrogens is 390 g/mol. The smallest absolute Gasteiger partial charge is 0.279 e. The second-order valence-corrected chi connectivity index (χ2v) is 8.12. The summed E-state index contributed by atoms with van der Waals surface area (Å²) in [6.07, 6.45) is 0.739. The Morgan fingerprint density at radius 3 is 2.72 bits per heavy atom. The highest BCUT2D eigenvalue weighted by Crippen LogP contribution is 2.28. The van der Waals surface area contributed by atoms with Crippen LogP contribution < -0.4 is 10.6 Å². The average Bonchev–Trinajstić information content (AvgIpc) is 3.29. The van der Waals surface area contributed by atoms with Crippen molar-refractivity contribution in [2.45, 2.75) is 26.8 Å². The lowest BCUT2D eigenvalue weighted by molar-refractivity contribution is -0.117. The first-order valence-electron chi connectivity index (χ1n) is 9.28. The van der Waals surface area contributed by atoms with E-state index in [4.69, 9.17) is 4.52 Å². The molecular formula is C20H21N5O3S. The summed E-state index contributed by atoms with van der Waals surface area (Å²) in [5.74, 6) is 0.187. The van der Waals surface area contributed by atoms with Crippen molar-refractivity contribution in [1.29, 1.82) is 0 Å². The van der Waals surface area contributed by atoms with E-state index in [2.05, 4.69) is 25.7 Å². The number of nitrogens with zero attached hydrogens (tertiary/aromatic N) is 3. The lowest BCUT2D eigenvalue weighted by Gasteiger charge is -2.25. The van der Waals surface area contributed by atoms with Crippen LogP contribution in [0.3, 0.4) is 0 Å². The summed E-state index contributed by atoms with van der Waals surface area (Å²) in [5.41, 5.74) is 3.14. The molecule has 3 aromatic rings. The van der Waals surface area contributed by atoms with Crippen LogP contribution in [0, 0.1) is 13.8 Å². The van der Waals surface area contributed by atoms with Crippen molar-refractivity contribution in [3.8, 4) is 0 Å². The molecule has 3 heterocycles. The zero-order valence-corrected chi connectivity index (χ0v) is 17.0. The molecule has 9 heteroatoms. The van der Waals surface area contributed by atoms with Gasteiger partial charge in [-0.1, -0.05) is 22.9 Å². The Hall–Kier alpha value is -3.04. The first kappa shape index (κ1) is 19.3. The molecule has 8 nitrogen and oxygen atoms in total. The molecule has 0 atom stereocenters. The van der Waals surface area contributed by atoms with Crippen LogP contribution in [-0.2, 0) is 17.8 Å². The summed E-state index contributed by atoms with van der Waals surface area (Å²) in [6, 6.07) is 9.32. The highest BCUT2D eigenvalue weighted by Gasteiger charge is 2.23. The maximum Gasteiger partial charge on any atom is 0.279 e. The minimum absolute atomic E-state index is 0.0447. The third-order valence-corrected chi connectivity index (χ3v) is 5.59. The van der Waals surface area contributed by atoms with E-state index in [1.165, 1.54) is 11.3 Å². The summed E-state index contributed by atoms with van der Waals surface area (Å²) in [4.78, 5) is 32.2. The number of rotatable bonds is 5. The van der Waals surface area contributed by atoms with Gasteiger partial charge in [0.15, 0.2) is 10.8 Å². The van der Waals surface area contributed by atoms with Gasteiger partial charge in [0.2, 0.25) is 5.91 Å². The van der Waals surface area contributed by atoms with Crippen LogP contribution in [0.15, 0.2) is 34.9 Å².